The summed E-state index contributed by atoms with van der Waals surface area (Å²) in [5.41, 5.74) is 2.88. The second kappa shape index (κ2) is 6.07. The fourth-order valence-electron chi connectivity index (χ4n) is 2.59. The highest BCUT2D eigenvalue weighted by Crippen LogP contribution is 2.34. The van der Waals surface area contributed by atoms with Crippen molar-refractivity contribution in [1.29, 1.82) is 0 Å². The summed E-state index contributed by atoms with van der Waals surface area (Å²) >= 11 is 1.60. The smallest absolute Gasteiger partial charge is 0.336 e. The Kier molecular flexibility index (Phi) is 3.74. The van der Waals surface area contributed by atoms with Crippen LogP contribution < -0.4 is 4.74 Å². The third-order valence-corrected chi connectivity index (χ3v) is 4.96. The van der Waals surface area contributed by atoms with E-state index in [1.165, 1.54) is 6.07 Å². The molecule has 6 heteroatoms. The Morgan fingerprint density at radius 3 is 2.68 bits per heavy atom. The molecule has 5 nitrogen and oxygen atoms in total. The van der Waals surface area contributed by atoms with Gasteiger partial charge in [0.05, 0.1) is 5.56 Å². The molecule has 0 aliphatic heterocycles. The molecule has 0 aliphatic carbocycles. The lowest BCUT2D eigenvalue weighted by molar-refractivity contribution is 0.0695. The fraction of sp³-hybridized carbons (Fsp3) is 0.0526. The Labute approximate surface area is 147 Å². The van der Waals surface area contributed by atoms with Crippen LogP contribution in [0.2, 0.25) is 0 Å². The number of imidazole rings is 1. The SMILES string of the molecule is Cc1ccc(Oc2nc3cc(-c4ccccc4)sc3[nH]2)cc1C(=O)O. The second-order valence-corrected chi connectivity index (χ2v) is 6.67. The average molecular weight is 350 g/mol. The number of aromatic amines is 1. The van der Waals surface area contributed by atoms with Gasteiger partial charge in [0.2, 0.25) is 0 Å². The number of carboxylic acid groups (broad SMARTS) is 1. The van der Waals surface area contributed by atoms with Crippen LogP contribution in [0.25, 0.3) is 20.8 Å². The van der Waals surface area contributed by atoms with E-state index in [0.717, 1.165) is 20.8 Å². The van der Waals surface area contributed by atoms with Crippen LogP contribution in [0.5, 0.6) is 11.8 Å². The summed E-state index contributed by atoms with van der Waals surface area (Å²) in [5, 5.41) is 9.20. The number of thiophene rings is 1. The molecule has 124 valence electrons. The molecule has 2 N–H and O–H groups in total. The summed E-state index contributed by atoms with van der Waals surface area (Å²) in [6, 6.07) is 17.4. The summed E-state index contributed by atoms with van der Waals surface area (Å²) in [4.78, 5) is 20.8. The van der Waals surface area contributed by atoms with E-state index in [-0.39, 0.29) is 5.56 Å². The second-order valence-electron chi connectivity index (χ2n) is 5.62. The molecule has 4 rings (SSSR count). The molecule has 0 atom stereocenters. The van der Waals surface area contributed by atoms with E-state index in [0.29, 0.717) is 17.3 Å². The standard InChI is InChI=1S/C19H14N2O3S/c1-11-7-8-13(9-14(11)18(22)23)24-19-20-15-10-16(25-17(15)21-19)12-5-3-2-4-6-12/h2-10H,1H3,(H,20,21)(H,22,23). The van der Waals surface area contributed by atoms with E-state index in [2.05, 4.69) is 22.1 Å². The van der Waals surface area contributed by atoms with Gasteiger partial charge in [-0.3, -0.25) is 4.98 Å². The number of nitrogens with zero attached hydrogens (tertiary/aromatic N) is 1. The van der Waals surface area contributed by atoms with Crippen molar-refractivity contribution in [3.05, 3.63) is 65.7 Å². The minimum Gasteiger partial charge on any atom is -0.478 e. The molecule has 0 fully saturated rings. The van der Waals surface area contributed by atoms with Gasteiger partial charge >= 0.3 is 12.0 Å². The van der Waals surface area contributed by atoms with Crippen LogP contribution in [-0.4, -0.2) is 21.0 Å². The van der Waals surface area contributed by atoms with Crippen LogP contribution in [-0.2, 0) is 0 Å². The van der Waals surface area contributed by atoms with Gasteiger partial charge in [-0.1, -0.05) is 36.4 Å². The van der Waals surface area contributed by atoms with Crippen LogP contribution in [0.1, 0.15) is 15.9 Å². The molecule has 0 spiro atoms. The molecule has 2 aromatic heterocycles. The number of hydrogen-bond donors (Lipinski definition) is 2. The average Bonchev–Trinajstić information content (AvgIpc) is 3.15. The predicted octanol–water partition coefficient (Wildman–Crippen LogP) is 5.09. The van der Waals surface area contributed by atoms with Crippen LogP contribution in [0, 0.1) is 6.92 Å². The number of hydrogen-bond acceptors (Lipinski definition) is 4. The fourth-order valence-corrected chi connectivity index (χ4v) is 3.58. The maximum Gasteiger partial charge on any atom is 0.336 e. The van der Waals surface area contributed by atoms with Gasteiger partial charge in [0.15, 0.2) is 0 Å². The molecule has 0 bridgehead atoms. The maximum atomic E-state index is 11.2. The lowest BCUT2D eigenvalue weighted by Gasteiger charge is -2.05. The number of aryl methyl sites for hydroxylation is 1. The molecule has 4 aromatic rings. The predicted molar refractivity (Wildman–Crippen MR) is 97.6 cm³/mol. The number of aromatic nitrogens is 2. The number of ether oxygens (including phenoxy) is 1. The lowest BCUT2D eigenvalue weighted by Crippen LogP contribution is -2.00. The van der Waals surface area contributed by atoms with Crippen molar-refractivity contribution < 1.29 is 14.6 Å². The first-order valence-corrected chi connectivity index (χ1v) is 8.48. The van der Waals surface area contributed by atoms with Crippen molar-refractivity contribution in [2.24, 2.45) is 0 Å². The summed E-state index contributed by atoms with van der Waals surface area (Å²) < 4.78 is 5.69. The minimum absolute atomic E-state index is 0.220. The zero-order chi connectivity index (χ0) is 17.4. The summed E-state index contributed by atoms with van der Waals surface area (Å²) in [7, 11) is 0. The topological polar surface area (TPSA) is 75.2 Å². The normalized spacial score (nSPS) is 10.9. The van der Waals surface area contributed by atoms with Gasteiger partial charge in [-0.25, -0.2) is 4.79 Å². The molecule has 25 heavy (non-hydrogen) atoms. The van der Waals surface area contributed by atoms with Crippen molar-refractivity contribution >= 4 is 27.7 Å². The summed E-state index contributed by atoms with van der Waals surface area (Å²) in [6.45, 7) is 1.75. The first kappa shape index (κ1) is 15.4. The summed E-state index contributed by atoms with van der Waals surface area (Å²) in [6.07, 6.45) is 0. The van der Waals surface area contributed by atoms with Crippen LogP contribution >= 0.6 is 11.3 Å². The van der Waals surface area contributed by atoms with E-state index < -0.39 is 5.97 Å². The molecule has 0 radical (unpaired) electrons. The van der Waals surface area contributed by atoms with E-state index in [1.807, 2.05) is 24.3 Å². The number of carbonyl (C=O) groups is 1. The number of carboxylic acids is 1. The Morgan fingerprint density at radius 1 is 1.16 bits per heavy atom. The van der Waals surface area contributed by atoms with Gasteiger partial charge < -0.3 is 9.84 Å². The Morgan fingerprint density at radius 2 is 1.96 bits per heavy atom. The zero-order valence-electron chi connectivity index (χ0n) is 13.3. The van der Waals surface area contributed by atoms with E-state index in [4.69, 9.17) is 4.74 Å². The number of rotatable bonds is 4. The molecule has 0 saturated heterocycles. The Bertz CT molecular complexity index is 1040. The molecule has 2 aromatic carbocycles. The minimum atomic E-state index is -0.976. The highest BCUT2D eigenvalue weighted by molar-refractivity contribution is 7.21. The largest absolute Gasteiger partial charge is 0.478 e. The quantitative estimate of drug-likeness (QED) is 0.537. The van der Waals surface area contributed by atoms with Gasteiger partial charge in [-0.15, -0.1) is 11.3 Å². The van der Waals surface area contributed by atoms with Gasteiger partial charge in [0.25, 0.3) is 0 Å². The van der Waals surface area contributed by atoms with Crippen LogP contribution in [0.4, 0.5) is 0 Å². The monoisotopic (exact) mass is 350 g/mol. The molecule has 0 saturated carbocycles. The van der Waals surface area contributed by atoms with Crippen molar-refractivity contribution in [3.63, 3.8) is 0 Å². The van der Waals surface area contributed by atoms with Crippen molar-refractivity contribution in [1.82, 2.24) is 9.97 Å². The molecule has 0 aliphatic rings. The first-order chi connectivity index (χ1) is 12.1. The van der Waals surface area contributed by atoms with Crippen LogP contribution in [0.3, 0.4) is 0 Å². The molecule has 2 heterocycles. The number of nitrogens with one attached hydrogen (secondary N) is 1. The number of H-pyrrole nitrogens is 1. The summed E-state index contributed by atoms with van der Waals surface area (Å²) in [5.74, 6) is -0.538. The van der Waals surface area contributed by atoms with Crippen molar-refractivity contribution in [2.45, 2.75) is 6.92 Å². The van der Waals surface area contributed by atoms with E-state index in [1.54, 1.807) is 30.4 Å². The third-order valence-electron chi connectivity index (χ3n) is 3.87. The van der Waals surface area contributed by atoms with Gasteiger partial charge in [-0.05, 0) is 36.2 Å². The Balaban J connectivity index is 1.62. The highest BCUT2D eigenvalue weighted by atomic mass is 32.1. The molecule has 0 unspecified atom stereocenters. The van der Waals surface area contributed by atoms with Gasteiger partial charge in [-0.2, -0.15) is 4.98 Å². The Hall–Kier alpha value is -3.12. The zero-order valence-corrected chi connectivity index (χ0v) is 14.1. The van der Waals surface area contributed by atoms with E-state index in [9.17, 15) is 9.90 Å². The van der Waals surface area contributed by atoms with Crippen molar-refractivity contribution in [2.75, 3.05) is 0 Å². The number of benzene rings is 2. The van der Waals surface area contributed by atoms with Crippen molar-refractivity contribution in [3.8, 4) is 22.2 Å². The molecule has 0 amide bonds. The first-order valence-electron chi connectivity index (χ1n) is 7.67. The highest BCUT2D eigenvalue weighted by Gasteiger charge is 2.12. The maximum absolute atomic E-state index is 11.2. The van der Waals surface area contributed by atoms with Gasteiger partial charge in [0.1, 0.15) is 16.1 Å². The van der Waals surface area contributed by atoms with Crippen LogP contribution in [0.15, 0.2) is 54.6 Å². The molecular weight excluding hydrogens is 336 g/mol. The number of aromatic carboxylic acids is 1. The number of fused-ring (bicyclic) bond motifs is 1. The third kappa shape index (κ3) is 2.99. The molecular formula is C19H14N2O3S. The lowest BCUT2D eigenvalue weighted by atomic mass is 10.1. The van der Waals surface area contributed by atoms with E-state index >= 15 is 0 Å². The van der Waals surface area contributed by atoms with Gasteiger partial charge in [0, 0.05) is 4.88 Å².